The molecule has 0 aliphatic heterocycles. The minimum atomic E-state index is -0.606. The van der Waals surface area contributed by atoms with Crippen molar-refractivity contribution in [2.24, 2.45) is 5.92 Å². The molecule has 1 aliphatic carbocycles. The third kappa shape index (κ3) is 6.06. The quantitative estimate of drug-likeness (QED) is 0.804. The van der Waals surface area contributed by atoms with Crippen LogP contribution in [-0.4, -0.2) is 24.3 Å². The number of aliphatic carboxylic acids is 1. The standard InChI is InChI=1S/C14H26O3/c1-17-13-10-5-3-2-4-8-12(14(15)16)9-6-7-11-13/h12-13H,2-11H2,1H3,(H,15,16). The highest BCUT2D eigenvalue weighted by atomic mass is 16.5. The Morgan fingerprint density at radius 2 is 1.41 bits per heavy atom. The Kier molecular flexibility index (Phi) is 7.25. The van der Waals surface area contributed by atoms with E-state index in [1.54, 1.807) is 7.11 Å². The van der Waals surface area contributed by atoms with Gasteiger partial charge in [0.15, 0.2) is 0 Å². The number of rotatable bonds is 2. The Morgan fingerprint density at radius 3 is 1.94 bits per heavy atom. The number of carboxylic acid groups (broad SMARTS) is 1. The van der Waals surface area contributed by atoms with Crippen molar-refractivity contribution >= 4 is 5.97 Å². The van der Waals surface area contributed by atoms with Gasteiger partial charge in [0.2, 0.25) is 0 Å². The fourth-order valence-corrected chi connectivity index (χ4v) is 2.65. The SMILES string of the molecule is COC1CCCCCCC(C(=O)O)CCCC1. The fourth-order valence-electron chi connectivity index (χ4n) is 2.65. The molecular weight excluding hydrogens is 216 g/mol. The van der Waals surface area contributed by atoms with Gasteiger partial charge in [0.1, 0.15) is 0 Å². The van der Waals surface area contributed by atoms with Gasteiger partial charge in [0.05, 0.1) is 12.0 Å². The van der Waals surface area contributed by atoms with E-state index in [-0.39, 0.29) is 5.92 Å². The van der Waals surface area contributed by atoms with E-state index in [1.165, 1.54) is 25.7 Å². The van der Waals surface area contributed by atoms with Gasteiger partial charge in [-0.2, -0.15) is 0 Å². The van der Waals surface area contributed by atoms with Gasteiger partial charge < -0.3 is 9.84 Å². The monoisotopic (exact) mass is 242 g/mol. The summed E-state index contributed by atoms with van der Waals surface area (Å²) in [6.07, 6.45) is 11.1. The highest BCUT2D eigenvalue weighted by molar-refractivity contribution is 5.69. The van der Waals surface area contributed by atoms with Gasteiger partial charge in [-0.1, -0.05) is 38.5 Å². The first-order valence-corrected chi connectivity index (χ1v) is 6.99. The first kappa shape index (κ1) is 14.5. The van der Waals surface area contributed by atoms with Crippen LogP contribution in [0.25, 0.3) is 0 Å². The van der Waals surface area contributed by atoms with Crippen molar-refractivity contribution < 1.29 is 14.6 Å². The molecule has 1 aliphatic rings. The summed E-state index contributed by atoms with van der Waals surface area (Å²) in [4.78, 5) is 11.1. The average Bonchev–Trinajstić information content (AvgIpc) is 2.29. The number of methoxy groups -OCH3 is 1. The topological polar surface area (TPSA) is 46.5 Å². The lowest BCUT2D eigenvalue weighted by atomic mass is 9.92. The number of hydrogen-bond acceptors (Lipinski definition) is 2. The summed E-state index contributed by atoms with van der Waals surface area (Å²) < 4.78 is 5.45. The molecule has 0 heterocycles. The van der Waals surface area contributed by atoms with Crippen molar-refractivity contribution in [1.29, 1.82) is 0 Å². The van der Waals surface area contributed by atoms with Gasteiger partial charge in [-0.15, -0.1) is 0 Å². The zero-order valence-corrected chi connectivity index (χ0v) is 11.0. The van der Waals surface area contributed by atoms with Gasteiger partial charge in [-0.3, -0.25) is 4.79 Å². The lowest BCUT2D eigenvalue weighted by Gasteiger charge is -2.18. The Balaban J connectivity index is 2.38. The molecule has 0 bridgehead atoms. The summed E-state index contributed by atoms with van der Waals surface area (Å²) in [5.41, 5.74) is 0. The molecule has 0 spiro atoms. The predicted molar refractivity (Wildman–Crippen MR) is 68.1 cm³/mol. The van der Waals surface area contributed by atoms with E-state index in [9.17, 15) is 4.79 Å². The van der Waals surface area contributed by atoms with E-state index >= 15 is 0 Å². The van der Waals surface area contributed by atoms with Crippen LogP contribution in [0, 0.1) is 5.92 Å². The highest BCUT2D eigenvalue weighted by Crippen LogP contribution is 2.22. The first-order valence-electron chi connectivity index (χ1n) is 6.99. The maximum atomic E-state index is 11.1. The maximum absolute atomic E-state index is 11.1. The van der Waals surface area contributed by atoms with E-state index in [1.807, 2.05) is 0 Å². The van der Waals surface area contributed by atoms with Gasteiger partial charge in [-0.05, 0) is 25.7 Å². The van der Waals surface area contributed by atoms with Crippen molar-refractivity contribution in [2.75, 3.05) is 7.11 Å². The second-order valence-corrected chi connectivity index (χ2v) is 5.17. The third-order valence-electron chi connectivity index (χ3n) is 3.84. The molecule has 2 atom stereocenters. The van der Waals surface area contributed by atoms with Crippen molar-refractivity contribution in [3.8, 4) is 0 Å². The molecule has 1 fully saturated rings. The van der Waals surface area contributed by atoms with Crippen LogP contribution in [-0.2, 0) is 9.53 Å². The number of carboxylic acids is 1. The zero-order chi connectivity index (χ0) is 12.5. The Bertz CT molecular complexity index is 216. The molecule has 1 saturated carbocycles. The third-order valence-corrected chi connectivity index (χ3v) is 3.84. The van der Waals surface area contributed by atoms with E-state index in [2.05, 4.69) is 0 Å². The smallest absolute Gasteiger partial charge is 0.306 e. The highest BCUT2D eigenvalue weighted by Gasteiger charge is 2.17. The van der Waals surface area contributed by atoms with Gasteiger partial charge in [-0.25, -0.2) is 0 Å². The molecule has 17 heavy (non-hydrogen) atoms. The van der Waals surface area contributed by atoms with Crippen LogP contribution < -0.4 is 0 Å². The summed E-state index contributed by atoms with van der Waals surface area (Å²) in [5.74, 6) is -0.722. The molecule has 100 valence electrons. The van der Waals surface area contributed by atoms with E-state index < -0.39 is 5.97 Å². The van der Waals surface area contributed by atoms with Crippen molar-refractivity contribution in [3.05, 3.63) is 0 Å². The molecule has 3 heteroatoms. The average molecular weight is 242 g/mol. The normalized spacial score (nSPS) is 29.0. The largest absolute Gasteiger partial charge is 0.481 e. The maximum Gasteiger partial charge on any atom is 0.306 e. The van der Waals surface area contributed by atoms with Crippen LogP contribution >= 0.6 is 0 Å². The molecule has 3 nitrogen and oxygen atoms in total. The first-order chi connectivity index (χ1) is 8.24. The molecule has 0 amide bonds. The van der Waals surface area contributed by atoms with Crippen LogP contribution in [0.2, 0.25) is 0 Å². The number of hydrogen-bond donors (Lipinski definition) is 1. The zero-order valence-electron chi connectivity index (χ0n) is 11.0. The summed E-state index contributed by atoms with van der Waals surface area (Å²) in [6, 6.07) is 0. The summed E-state index contributed by atoms with van der Waals surface area (Å²) >= 11 is 0. The predicted octanol–water partition coefficient (Wildman–Crippen LogP) is 3.62. The molecular formula is C14H26O3. The van der Waals surface area contributed by atoms with Crippen molar-refractivity contribution in [3.63, 3.8) is 0 Å². The summed E-state index contributed by atoms with van der Waals surface area (Å²) in [5, 5.41) is 9.12. The summed E-state index contributed by atoms with van der Waals surface area (Å²) in [6.45, 7) is 0. The molecule has 0 aromatic rings. The summed E-state index contributed by atoms with van der Waals surface area (Å²) in [7, 11) is 1.79. The van der Waals surface area contributed by atoms with E-state index in [4.69, 9.17) is 9.84 Å². The van der Waals surface area contributed by atoms with E-state index in [0.717, 1.165) is 38.5 Å². The van der Waals surface area contributed by atoms with Crippen LogP contribution in [0.15, 0.2) is 0 Å². The van der Waals surface area contributed by atoms with Crippen LogP contribution in [0.5, 0.6) is 0 Å². The molecule has 1 rings (SSSR count). The lowest BCUT2D eigenvalue weighted by Crippen LogP contribution is -2.15. The number of carbonyl (C=O) groups is 1. The Labute approximate surface area is 105 Å². The van der Waals surface area contributed by atoms with Crippen molar-refractivity contribution in [1.82, 2.24) is 0 Å². The van der Waals surface area contributed by atoms with Crippen LogP contribution in [0.1, 0.15) is 64.2 Å². The van der Waals surface area contributed by atoms with Crippen molar-refractivity contribution in [2.45, 2.75) is 70.3 Å². The number of ether oxygens (including phenoxy) is 1. The van der Waals surface area contributed by atoms with Gasteiger partial charge in [0.25, 0.3) is 0 Å². The van der Waals surface area contributed by atoms with Gasteiger partial charge >= 0.3 is 5.97 Å². The second-order valence-electron chi connectivity index (χ2n) is 5.17. The Hall–Kier alpha value is -0.570. The lowest BCUT2D eigenvalue weighted by molar-refractivity contribution is -0.142. The minimum absolute atomic E-state index is 0.115. The Morgan fingerprint density at radius 1 is 0.941 bits per heavy atom. The van der Waals surface area contributed by atoms with Crippen LogP contribution in [0.4, 0.5) is 0 Å². The van der Waals surface area contributed by atoms with Crippen LogP contribution in [0.3, 0.4) is 0 Å². The second kappa shape index (κ2) is 8.51. The molecule has 1 N–H and O–H groups in total. The molecule has 0 radical (unpaired) electrons. The van der Waals surface area contributed by atoms with Gasteiger partial charge in [0, 0.05) is 7.11 Å². The molecule has 0 aromatic carbocycles. The van der Waals surface area contributed by atoms with E-state index in [0.29, 0.717) is 6.10 Å². The minimum Gasteiger partial charge on any atom is -0.481 e. The fraction of sp³-hybridized carbons (Fsp3) is 0.929. The molecule has 0 aromatic heterocycles. The molecule has 0 saturated heterocycles. The molecule has 2 unspecified atom stereocenters.